The summed E-state index contributed by atoms with van der Waals surface area (Å²) in [6, 6.07) is 8.33. The number of methoxy groups -OCH3 is 1. The van der Waals surface area contributed by atoms with Crippen LogP contribution in [0.3, 0.4) is 0 Å². The van der Waals surface area contributed by atoms with Crippen molar-refractivity contribution in [1.29, 1.82) is 0 Å². The minimum atomic E-state index is -0.310. The number of ether oxygens (including phenoxy) is 1. The Labute approximate surface area is 162 Å². The molecule has 1 fully saturated rings. The predicted molar refractivity (Wildman–Crippen MR) is 106 cm³/mol. The molecule has 1 aromatic heterocycles. The molecule has 2 aromatic rings. The van der Waals surface area contributed by atoms with E-state index in [0.29, 0.717) is 10.9 Å². The van der Waals surface area contributed by atoms with Crippen molar-refractivity contribution in [2.24, 2.45) is 4.99 Å². The fourth-order valence-corrected chi connectivity index (χ4v) is 4.24. The number of halogens is 2. The van der Waals surface area contributed by atoms with E-state index >= 15 is 0 Å². The molecule has 138 valence electrons. The fourth-order valence-electron chi connectivity index (χ4n) is 3.24. The van der Waals surface area contributed by atoms with Gasteiger partial charge >= 0.3 is 0 Å². The Morgan fingerprint density at radius 1 is 1.38 bits per heavy atom. The maximum Gasteiger partial charge on any atom is 0.213 e. The summed E-state index contributed by atoms with van der Waals surface area (Å²) in [5, 5.41) is 1.41. The average Bonchev–Trinajstić information content (AvgIpc) is 3.03. The van der Waals surface area contributed by atoms with Crippen LogP contribution in [0.5, 0.6) is 5.88 Å². The first-order chi connectivity index (χ1) is 12.4. The van der Waals surface area contributed by atoms with Crippen LogP contribution < -0.4 is 4.74 Å². The zero-order chi connectivity index (χ0) is 18.7. The van der Waals surface area contributed by atoms with Gasteiger partial charge in [0, 0.05) is 29.6 Å². The largest absolute Gasteiger partial charge is 0.481 e. The maximum atomic E-state index is 13.4. The number of aromatic nitrogens is 1. The zero-order valence-electron chi connectivity index (χ0n) is 15.0. The van der Waals surface area contributed by atoms with Crippen LogP contribution in [-0.2, 0) is 5.41 Å². The predicted octanol–water partition coefficient (Wildman–Crippen LogP) is 4.90. The van der Waals surface area contributed by atoms with Crippen molar-refractivity contribution in [2.75, 3.05) is 26.5 Å². The van der Waals surface area contributed by atoms with Crippen LogP contribution in [0, 0.1) is 5.82 Å². The van der Waals surface area contributed by atoms with Gasteiger partial charge in [-0.2, -0.15) is 0 Å². The Morgan fingerprint density at radius 2 is 2.19 bits per heavy atom. The highest BCUT2D eigenvalue weighted by atomic mass is 35.5. The minimum absolute atomic E-state index is 0.139. The van der Waals surface area contributed by atoms with Gasteiger partial charge in [-0.05, 0) is 36.4 Å². The van der Waals surface area contributed by atoms with E-state index in [4.69, 9.17) is 21.3 Å². The molecule has 0 N–H and O–H groups in total. The molecule has 3 rings (SSSR count). The van der Waals surface area contributed by atoms with E-state index in [-0.39, 0.29) is 11.2 Å². The lowest BCUT2D eigenvalue weighted by atomic mass is 9.82. The van der Waals surface area contributed by atoms with Gasteiger partial charge in [0.25, 0.3) is 0 Å². The Balaban J connectivity index is 1.81. The summed E-state index contributed by atoms with van der Waals surface area (Å²) < 4.78 is 18.5. The second kappa shape index (κ2) is 7.84. The van der Waals surface area contributed by atoms with Crippen molar-refractivity contribution in [3.05, 3.63) is 52.9 Å². The van der Waals surface area contributed by atoms with Gasteiger partial charge in [0.2, 0.25) is 5.88 Å². The number of rotatable bonds is 3. The summed E-state index contributed by atoms with van der Waals surface area (Å²) >= 11 is 7.90. The van der Waals surface area contributed by atoms with Crippen molar-refractivity contribution in [1.82, 2.24) is 9.88 Å². The second-order valence-electron chi connectivity index (χ2n) is 6.51. The van der Waals surface area contributed by atoms with Crippen LogP contribution in [0.2, 0.25) is 5.02 Å². The van der Waals surface area contributed by atoms with Crippen molar-refractivity contribution >= 4 is 34.2 Å². The number of likely N-dealkylation sites (tertiary alicyclic amines) is 1. The average molecular weight is 394 g/mol. The number of pyridine rings is 1. The SMILES string of the molecule is COc1ccc(N=C(SC)N2CC[C@@](C)(c3ccc(F)cc3Cl)C2)cn1. The lowest BCUT2D eigenvalue weighted by Crippen LogP contribution is -2.31. The highest BCUT2D eigenvalue weighted by Gasteiger charge is 2.38. The number of hydrogen-bond acceptors (Lipinski definition) is 4. The first-order valence-electron chi connectivity index (χ1n) is 8.28. The topological polar surface area (TPSA) is 37.7 Å². The summed E-state index contributed by atoms with van der Waals surface area (Å²) in [7, 11) is 1.59. The third-order valence-corrected chi connectivity index (χ3v) is 5.69. The molecule has 1 saturated heterocycles. The van der Waals surface area contributed by atoms with Gasteiger partial charge in [-0.1, -0.05) is 36.4 Å². The van der Waals surface area contributed by atoms with E-state index in [0.717, 1.165) is 35.9 Å². The first-order valence-corrected chi connectivity index (χ1v) is 9.88. The Bertz CT molecular complexity index is 815. The fraction of sp³-hybridized carbons (Fsp3) is 0.368. The second-order valence-corrected chi connectivity index (χ2v) is 7.69. The Morgan fingerprint density at radius 3 is 2.81 bits per heavy atom. The van der Waals surface area contributed by atoms with Gasteiger partial charge in [-0.25, -0.2) is 14.4 Å². The van der Waals surface area contributed by atoms with E-state index in [1.807, 2.05) is 12.3 Å². The number of amidine groups is 1. The summed E-state index contributed by atoms with van der Waals surface area (Å²) in [6.45, 7) is 3.81. The summed E-state index contributed by atoms with van der Waals surface area (Å²) in [5.41, 5.74) is 1.62. The maximum absolute atomic E-state index is 13.4. The lowest BCUT2D eigenvalue weighted by Gasteiger charge is -2.27. The molecule has 1 aliphatic heterocycles. The van der Waals surface area contributed by atoms with Crippen LogP contribution in [0.25, 0.3) is 0 Å². The molecule has 0 radical (unpaired) electrons. The summed E-state index contributed by atoms with van der Waals surface area (Å²) in [6.07, 6.45) is 4.64. The number of thioether (sulfide) groups is 1. The van der Waals surface area contributed by atoms with E-state index in [1.165, 1.54) is 12.1 Å². The van der Waals surface area contributed by atoms with Crippen molar-refractivity contribution in [2.45, 2.75) is 18.8 Å². The van der Waals surface area contributed by atoms with Gasteiger partial charge in [0.05, 0.1) is 19.0 Å². The summed E-state index contributed by atoms with van der Waals surface area (Å²) in [4.78, 5) is 11.2. The molecular formula is C19H21ClFN3OS. The van der Waals surface area contributed by atoms with Crippen LogP contribution in [0.15, 0.2) is 41.5 Å². The molecular weight excluding hydrogens is 373 g/mol. The monoisotopic (exact) mass is 393 g/mol. The van der Waals surface area contributed by atoms with Gasteiger partial charge in [-0.15, -0.1) is 0 Å². The number of benzene rings is 1. The molecule has 0 unspecified atom stereocenters. The standard InChI is InChI=1S/C19H21ClFN3OS/c1-19(15-6-4-13(21)10-16(15)20)8-9-24(12-19)18(26-3)23-14-5-7-17(25-2)22-11-14/h4-7,10-11H,8-9,12H2,1-3H3/t19-/m1/s1. The highest BCUT2D eigenvalue weighted by molar-refractivity contribution is 8.13. The number of aliphatic imine (C=N–C) groups is 1. The van der Waals surface area contributed by atoms with Gasteiger partial charge in [0.1, 0.15) is 5.82 Å². The quantitative estimate of drug-likeness (QED) is 0.549. The van der Waals surface area contributed by atoms with Crippen molar-refractivity contribution in [3.63, 3.8) is 0 Å². The lowest BCUT2D eigenvalue weighted by molar-refractivity contribution is 0.398. The van der Waals surface area contributed by atoms with E-state index in [9.17, 15) is 4.39 Å². The summed E-state index contributed by atoms with van der Waals surface area (Å²) in [5.74, 6) is 0.255. The van der Waals surface area contributed by atoms with Gasteiger partial charge < -0.3 is 9.64 Å². The van der Waals surface area contributed by atoms with Crippen LogP contribution in [0.4, 0.5) is 10.1 Å². The molecule has 1 atom stereocenters. The Kier molecular flexibility index (Phi) is 5.73. The van der Waals surface area contributed by atoms with Gasteiger partial charge in [-0.3, -0.25) is 0 Å². The van der Waals surface area contributed by atoms with E-state index in [2.05, 4.69) is 16.8 Å². The Hall–Kier alpha value is -1.79. The normalized spacial score (nSPS) is 20.5. The zero-order valence-corrected chi connectivity index (χ0v) is 16.6. The van der Waals surface area contributed by atoms with Crippen LogP contribution in [0.1, 0.15) is 18.9 Å². The molecule has 1 aliphatic rings. The highest BCUT2D eigenvalue weighted by Crippen LogP contribution is 2.39. The number of hydrogen-bond donors (Lipinski definition) is 0. The van der Waals surface area contributed by atoms with Crippen molar-refractivity contribution < 1.29 is 9.13 Å². The molecule has 4 nitrogen and oxygen atoms in total. The minimum Gasteiger partial charge on any atom is -0.481 e. The third kappa shape index (κ3) is 3.96. The molecule has 2 heterocycles. The van der Waals surface area contributed by atoms with Crippen LogP contribution in [-0.4, -0.2) is 41.5 Å². The van der Waals surface area contributed by atoms with E-state index in [1.54, 1.807) is 37.2 Å². The molecule has 26 heavy (non-hydrogen) atoms. The number of nitrogens with zero attached hydrogens (tertiary/aromatic N) is 3. The molecule has 0 spiro atoms. The molecule has 0 amide bonds. The molecule has 1 aromatic carbocycles. The molecule has 0 bridgehead atoms. The smallest absolute Gasteiger partial charge is 0.213 e. The van der Waals surface area contributed by atoms with Crippen LogP contribution >= 0.6 is 23.4 Å². The molecule has 0 saturated carbocycles. The van der Waals surface area contributed by atoms with E-state index < -0.39 is 0 Å². The molecule has 7 heteroatoms. The van der Waals surface area contributed by atoms with Gasteiger partial charge in [0.15, 0.2) is 5.17 Å². The first kappa shape index (κ1) is 19.0. The third-order valence-electron chi connectivity index (χ3n) is 4.66. The van der Waals surface area contributed by atoms with Crippen molar-refractivity contribution in [3.8, 4) is 5.88 Å². The molecule has 0 aliphatic carbocycles.